The van der Waals surface area contributed by atoms with E-state index in [1.54, 1.807) is 13.8 Å². The van der Waals surface area contributed by atoms with Crippen LogP contribution in [0.2, 0.25) is 0 Å². The standard InChI is InChI=1S/C14H14F2N4O2S/c1-8(2)19-20(14-13(22)17-7-23-14)6-12(21)18-9-3-4-10(15)11(16)5-9/h3-5H,6-7H2,1-2H3,(H-,17,18,21,22)/p+1. The van der Waals surface area contributed by atoms with Crippen LogP contribution in [-0.4, -0.2) is 39.7 Å². The van der Waals surface area contributed by atoms with Gasteiger partial charge in [0.05, 0.1) is 11.6 Å². The molecule has 6 nitrogen and oxygen atoms in total. The normalized spacial score (nSPS) is 15.9. The Balaban J connectivity index is 2.16. The third-order valence-corrected chi connectivity index (χ3v) is 3.65. The van der Waals surface area contributed by atoms with E-state index >= 15 is 0 Å². The molecule has 0 aromatic heterocycles. The minimum atomic E-state index is -1.05. The molecule has 1 fully saturated rings. The van der Waals surface area contributed by atoms with E-state index in [1.165, 1.54) is 22.5 Å². The summed E-state index contributed by atoms with van der Waals surface area (Å²) in [7, 11) is 0. The van der Waals surface area contributed by atoms with E-state index < -0.39 is 17.5 Å². The molecule has 2 amide bonds. The van der Waals surface area contributed by atoms with Crippen molar-refractivity contribution in [2.75, 3.05) is 17.7 Å². The Morgan fingerprint density at radius 3 is 2.70 bits per heavy atom. The van der Waals surface area contributed by atoms with Crippen LogP contribution >= 0.6 is 11.8 Å². The van der Waals surface area contributed by atoms with Crippen molar-refractivity contribution in [3.05, 3.63) is 29.8 Å². The lowest BCUT2D eigenvalue weighted by Gasteiger charge is -2.04. The van der Waals surface area contributed by atoms with Crippen molar-refractivity contribution in [2.45, 2.75) is 13.8 Å². The molecule has 2 rings (SSSR count). The number of hydrazone groups is 1. The van der Waals surface area contributed by atoms with Gasteiger partial charge in [0.25, 0.3) is 12.5 Å². The molecule has 1 heterocycles. The first kappa shape index (κ1) is 17.1. The van der Waals surface area contributed by atoms with Gasteiger partial charge < -0.3 is 10.6 Å². The lowest BCUT2D eigenvalue weighted by molar-refractivity contribution is -0.517. The molecule has 1 aromatic carbocycles. The Hall–Kier alpha value is -2.29. The van der Waals surface area contributed by atoms with Crippen molar-refractivity contribution in [1.29, 1.82) is 0 Å². The van der Waals surface area contributed by atoms with E-state index in [2.05, 4.69) is 15.7 Å². The van der Waals surface area contributed by atoms with E-state index in [0.717, 1.165) is 12.1 Å². The van der Waals surface area contributed by atoms with Crippen molar-refractivity contribution < 1.29 is 23.1 Å². The third-order valence-electron chi connectivity index (χ3n) is 2.69. The van der Waals surface area contributed by atoms with Crippen molar-refractivity contribution in [2.24, 2.45) is 5.10 Å². The molecule has 0 unspecified atom stereocenters. The number of nitrogens with one attached hydrogen (secondary N) is 2. The van der Waals surface area contributed by atoms with Gasteiger partial charge in [-0.15, -0.1) is 0 Å². The van der Waals surface area contributed by atoms with Gasteiger partial charge in [-0.25, -0.2) is 8.78 Å². The highest BCUT2D eigenvalue weighted by molar-refractivity contribution is 8.16. The quantitative estimate of drug-likeness (QED) is 0.496. The molecular formula is C14H15F2N4O2S+. The maximum absolute atomic E-state index is 13.1. The maximum atomic E-state index is 13.1. The van der Waals surface area contributed by atoms with Crippen LogP contribution in [0.25, 0.3) is 0 Å². The first-order valence-corrected chi connectivity index (χ1v) is 7.67. The summed E-state index contributed by atoms with van der Waals surface area (Å²) in [6, 6.07) is 3.06. The van der Waals surface area contributed by atoms with Crippen molar-refractivity contribution >= 4 is 40.0 Å². The van der Waals surface area contributed by atoms with Gasteiger partial charge in [-0.05, 0) is 42.8 Å². The Bertz CT molecular complexity index is 715. The van der Waals surface area contributed by atoms with Gasteiger partial charge in [0.2, 0.25) is 0 Å². The minimum Gasteiger partial charge on any atom is -0.337 e. The molecule has 1 aromatic rings. The highest BCUT2D eigenvalue weighted by Crippen LogP contribution is 2.13. The summed E-state index contributed by atoms with van der Waals surface area (Å²) in [5, 5.41) is 9.52. The van der Waals surface area contributed by atoms with Crippen molar-refractivity contribution in [3.63, 3.8) is 0 Å². The summed E-state index contributed by atoms with van der Waals surface area (Å²) >= 11 is 1.24. The molecule has 1 saturated heterocycles. The molecule has 0 bridgehead atoms. The highest BCUT2D eigenvalue weighted by atomic mass is 32.2. The van der Waals surface area contributed by atoms with Crippen LogP contribution < -0.4 is 10.6 Å². The molecule has 0 saturated carbocycles. The Morgan fingerprint density at radius 1 is 1.39 bits per heavy atom. The molecule has 9 heteroatoms. The smallest absolute Gasteiger partial charge is 0.332 e. The number of hydrogen-bond acceptors (Lipinski definition) is 4. The number of benzene rings is 1. The largest absolute Gasteiger partial charge is 0.337 e. The Kier molecular flexibility index (Phi) is 5.43. The molecule has 122 valence electrons. The van der Waals surface area contributed by atoms with Gasteiger partial charge in [-0.3, -0.25) is 9.59 Å². The lowest BCUT2D eigenvalue weighted by Crippen LogP contribution is -2.31. The van der Waals surface area contributed by atoms with Crippen molar-refractivity contribution in [1.82, 2.24) is 5.32 Å². The number of thioether (sulfide) groups is 1. The molecule has 1 aliphatic rings. The van der Waals surface area contributed by atoms with Gasteiger partial charge in [-0.2, -0.15) is 0 Å². The summed E-state index contributed by atoms with van der Waals surface area (Å²) in [5.41, 5.74) is 0.790. The minimum absolute atomic E-state index is 0.125. The number of amides is 2. The summed E-state index contributed by atoms with van der Waals surface area (Å²) in [4.78, 5) is 23.8. The monoisotopic (exact) mass is 341 g/mol. The van der Waals surface area contributed by atoms with Crippen LogP contribution in [-0.2, 0) is 9.59 Å². The van der Waals surface area contributed by atoms with Crippen LogP contribution in [0.1, 0.15) is 13.8 Å². The first-order valence-electron chi connectivity index (χ1n) is 6.69. The predicted molar refractivity (Wildman–Crippen MR) is 84.5 cm³/mol. The summed E-state index contributed by atoms with van der Waals surface area (Å²) < 4.78 is 27.3. The molecule has 0 spiro atoms. The number of nitrogens with zero attached hydrogens (tertiary/aromatic N) is 2. The van der Waals surface area contributed by atoms with Gasteiger partial charge in [0.1, 0.15) is 0 Å². The Labute approximate surface area is 135 Å². The predicted octanol–water partition coefficient (Wildman–Crippen LogP) is 1.53. The van der Waals surface area contributed by atoms with Crippen molar-refractivity contribution in [3.8, 4) is 0 Å². The van der Waals surface area contributed by atoms with E-state index in [1.807, 2.05) is 0 Å². The number of anilines is 1. The van der Waals surface area contributed by atoms with Crippen LogP contribution in [0, 0.1) is 11.6 Å². The fourth-order valence-corrected chi connectivity index (χ4v) is 2.60. The zero-order valence-electron chi connectivity index (χ0n) is 12.5. The zero-order chi connectivity index (χ0) is 17.0. The zero-order valence-corrected chi connectivity index (χ0v) is 13.3. The van der Waals surface area contributed by atoms with Crippen LogP contribution in [0.4, 0.5) is 14.5 Å². The van der Waals surface area contributed by atoms with Crippen LogP contribution in [0.15, 0.2) is 23.3 Å². The average Bonchev–Trinajstić information content (AvgIpc) is 2.88. The van der Waals surface area contributed by atoms with Gasteiger partial charge in [-0.1, -0.05) is 4.68 Å². The maximum Gasteiger partial charge on any atom is 0.332 e. The molecule has 0 atom stereocenters. The molecule has 23 heavy (non-hydrogen) atoms. The van der Waals surface area contributed by atoms with Gasteiger partial charge in [0, 0.05) is 11.8 Å². The van der Waals surface area contributed by atoms with E-state index in [4.69, 9.17) is 0 Å². The number of halogens is 2. The molecule has 0 radical (unpaired) electrons. The summed E-state index contributed by atoms with van der Waals surface area (Å²) in [6.45, 7) is 3.25. The molecular weight excluding hydrogens is 326 g/mol. The van der Waals surface area contributed by atoms with E-state index in [9.17, 15) is 18.4 Å². The second kappa shape index (κ2) is 7.32. The van der Waals surface area contributed by atoms with Gasteiger partial charge in [0.15, 0.2) is 11.6 Å². The SMILES string of the molecule is CC(C)=N[N+](CC(=O)Nc1ccc(F)c(F)c1)=C1SCNC1=O. The lowest BCUT2D eigenvalue weighted by atomic mass is 10.3. The van der Waals surface area contributed by atoms with Crippen LogP contribution in [0.5, 0.6) is 0 Å². The highest BCUT2D eigenvalue weighted by Gasteiger charge is 2.31. The van der Waals surface area contributed by atoms with Gasteiger partial charge >= 0.3 is 11.0 Å². The van der Waals surface area contributed by atoms with Crippen LogP contribution in [0.3, 0.4) is 0 Å². The number of rotatable bonds is 4. The summed E-state index contributed by atoms with van der Waals surface area (Å²) in [5.74, 6) is -2.45. The molecule has 0 aliphatic carbocycles. The first-order chi connectivity index (χ1) is 10.9. The Morgan fingerprint density at radius 2 is 2.13 bits per heavy atom. The molecule has 1 aliphatic heterocycles. The number of carbonyl (C=O) groups excluding carboxylic acids is 2. The number of carbonyl (C=O) groups is 2. The third kappa shape index (κ3) is 4.59. The second-order valence-electron chi connectivity index (χ2n) is 4.88. The fourth-order valence-electron chi connectivity index (χ4n) is 1.81. The van der Waals surface area contributed by atoms with E-state index in [0.29, 0.717) is 16.6 Å². The second-order valence-corrected chi connectivity index (χ2v) is 5.85. The topological polar surface area (TPSA) is 73.6 Å². The number of hydrogen-bond donors (Lipinski definition) is 2. The average molecular weight is 341 g/mol. The van der Waals surface area contributed by atoms with E-state index in [-0.39, 0.29) is 18.1 Å². The summed E-state index contributed by atoms with van der Waals surface area (Å²) in [6.07, 6.45) is 0. The fraction of sp³-hybridized carbons (Fsp3) is 0.286. The molecule has 2 N–H and O–H groups in total.